The Balaban J connectivity index is 2.08. The summed E-state index contributed by atoms with van der Waals surface area (Å²) in [6.45, 7) is 6.26. The van der Waals surface area contributed by atoms with Crippen molar-refractivity contribution in [2.75, 3.05) is 13.1 Å². The van der Waals surface area contributed by atoms with Gasteiger partial charge in [-0.2, -0.15) is 0 Å². The van der Waals surface area contributed by atoms with Crippen molar-refractivity contribution >= 4 is 11.9 Å². The molecule has 6 nitrogen and oxygen atoms in total. The third-order valence-electron chi connectivity index (χ3n) is 4.03. The van der Waals surface area contributed by atoms with Gasteiger partial charge in [0.05, 0.1) is 6.54 Å². The monoisotopic (exact) mass is 344 g/mol. The summed E-state index contributed by atoms with van der Waals surface area (Å²) in [7, 11) is 0. The highest BCUT2D eigenvalue weighted by molar-refractivity contribution is 5.73. The fourth-order valence-electron chi connectivity index (χ4n) is 2.48. The van der Waals surface area contributed by atoms with Gasteiger partial charge in [-0.15, -0.1) is 0 Å². The molecule has 2 N–H and O–H groups in total. The molecule has 0 aliphatic carbocycles. The quantitative estimate of drug-likeness (QED) is 0.769. The molecule has 0 radical (unpaired) electrons. The Bertz CT molecular complexity index is 721. The Morgan fingerprint density at radius 3 is 2.48 bits per heavy atom. The summed E-state index contributed by atoms with van der Waals surface area (Å²) in [4.78, 5) is 24.1. The van der Waals surface area contributed by atoms with E-state index in [1.165, 1.54) is 12.5 Å². The van der Waals surface area contributed by atoms with Crippen LogP contribution in [-0.2, 0) is 16.1 Å². The molecule has 6 heteroatoms. The number of carboxylic acid groups (broad SMARTS) is 1. The van der Waals surface area contributed by atoms with Crippen molar-refractivity contribution in [1.82, 2.24) is 10.2 Å². The first-order valence-corrected chi connectivity index (χ1v) is 8.24. The van der Waals surface area contributed by atoms with Crippen LogP contribution in [0.1, 0.15) is 25.2 Å². The van der Waals surface area contributed by atoms with Crippen LogP contribution in [0.5, 0.6) is 0 Å². The molecular formula is C19H24N2O4. The van der Waals surface area contributed by atoms with E-state index in [0.717, 1.165) is 11.3 Å². The lowest BCUT2D eigenvalue weighted by Crippen LogP contribution is -2.42. The van der Waals surface area contributed by atoms with E-state index in [1.807, 2.05) is 43.3 Å². The van der Waals surface area contributed by atoms with Crippen LogP contribution in [0.3, 0.4) is 0 Å². The summed E-state index contributed by atoms with van der Waals surface area (Å²) >= 11 is 0. The molecule has 1 unspecified atom stereocenters. The number of carbonyl (C=O) groups excluding carboxylic acids is 1. The van der Waals surface area contributed by atoms with Gasteiger partial charge in [0.1, 0.15) is 17.6 Å². The summed E-state index contributed by atoms with van der Waals surface area (Å²) in [5, 5.41) is 12.0. The average molecular weight is 344 g/mol. The first-order valence-electron chi connectivity index (χ1n) is 8.24. The number of furan rings is 1. The zero-order chi connectivity index (χ0) is 18.4. The van der Waals surface area contributed by atoms with E-state index in [-0.39, 0.29) is 5.91 Å². The predicted molar refractivity (Wildman–Crippen MR) is 95.1 cm³/mol. The summed E-state index contributed by atoms with van der Waals surface area (Å²) in [6.07, 6.45) is 0. The SMILES string of the molecule is CC(=O)NCCN(Cc1ccc(-c2ccc(C)cc2)o1)C(C)C(=O)O. The third kappa shape index (κ3) is 5.46. The fourth-order valence-corrected chi connectivity index (χ4v) is 2.48. The number of aryl methyl sites for hydroxylation is 1. The van der Waals surface area contributed by atoms with Gasteiger partial charge in [0, 0.05) is 25.6 Å². The van der Waals surface area contributed by atoms with Crippen molar-refractivity contribution in [3.05, 3.63) is 47.7 Å². The van der Waals surface area contributed by atoms with Gasteiger partial charge >= 0.3 is 5.97 Å². The van der Waals surface area contributed by atoms with Crippen molar-refractivity contribution in [3.8, 4) is 11.3 Å². The lowest BCUT2D eigenvalue weighted by atomic mass is 10.1. The molecule has 2 aromatic rings. The Kier molecular flexibility index (Phi) is 6.36. The van der Waals surface area contributed by atoms with Crippen LogP contribution in [0.25, 0.3) is 11.3 Å². The van der Waals surface area contributed by atoms with E-state index in [4.69, 9.17) is 4.42 Å². The second-order valence-electron chi connectivity index (χ2n) is 6.10. The minimum Gasteiger partial charge on any atom is -0.480 e. The lowest BCUT2D eigenvalue weighted by Gasteiger charge is -2.25. The fraction of sp³-hybridized carbons (Fsp3) is 0.368. The van der Waals surface area contributed by atoms with Gasteiger partial charge < -0.3 is 14.8 Å². The van der Waals surface area contributed by atoms with Crippen molar-refractivity contribution in [2.24, 2.45) is 0 Å². The van der Waals surface area contributed by atoms with Crippen molar-refractivity contribution < 1.29 is 19.1 Å². The second kappa shape index (κ2) is 8.48. The predicted octanol–water partition coefficient (Wildman–Crippen LogP) is 2.67. The molecule has 134 valence electrons. The molecule has 1 heterocycles. The van der Waals surface area contributed by atoms with Crippen molar-refractivity contribution in [3.63, 3.8) is 0 Å². The lowest BCUT2D eigenvalue weighted by molar-refractivity contribution is -0.142. The highest BCUT2D eigenvalue weighted by atomic mass is 16.4. The van der Waals surface area contributed by atoms with Crippen LogP contribution in [0.4, 0.5) is 0 Å². The number of carboxylic acids is 1. The van der Waals surface area contributed by atoms with Crippen molar-refractivity contribution in [2.45, 2.75) is 33.4 Å². The minimum absolute atomic E-state index is 0.136. The topological polar surface area (TPSA) is 82.8 Å². The average Bonchev–Trinajstić information content (AvgIpc) is 3.02. The Hall–Kier alpha value is -2.60. The zero-order valence-electron chi connectivity index (χ0n) is 14.8. The van der Waals surface area contributed by atoms with E-state index in [9.17, 15) is 14.7 Å². The van der Waals surface area contributed by atoms with E-state index in [0.29, 0.717) is 25.4 Å². The third-order valence-corrected chi connectivity index (χ3v) is 4.03. The molecule has 0 spiro atoms. The van der Waals surface area contributed by atoms with Gasteiger partial charge in [-0.05, 0) is 26.0 Å². The summed E-state index contributed by atoms with van der Waals surface area (Å²) in [5.74, 6) is 0.391. The zero-order valence-corrected chi connectivity index (χ0v) is 14.8. The number of hydrogen-bond acceptors (Lipinski definition) is 4. The molecule has 1 atom stereocenters. The number of benzene rings is 1. The molecule has 0 aliphatic rings. The largest absolute Gasteiger partial charge is 0.480 e. The number of rotatable bonds is 8. The van der Waals surface area contributed by atoms with E-state index in [2.05, 4.69) is 5.32 Å². The Labute approximate surface area is 147 Å². The van der Waals surface area contributed by atoms with E-state index < -0.39 is 12.0 Å². The number of hydrogen-bond donors (Lipinski definition) is 2. The number of nitrogens with one attached hydrogen (secondary N) is 1. The maximum absolute atomic E-state index is 11.3. The molecule has 25 heavy (non-hydrogen) atoms. The van der Waals surface area contributed by atoms with Crippen molar-refractivity contribution in [1.29, 1.82) is 0 Å². The van der Waals surface area contributed by atoms with Crippen LogP contribution in [-0.4, -0.2) is 41.0 Å². The molecule has 0 aliphatic heterocycles. The molecule has 2 rings (SSSR count). The van der Waals surface area contributed by atoms with Crippen LogP contribution < -0.4 is 5.32 Å². The van der Waals surface area contributed by atoms with E-state index in [1.54, 1.807) is 11.8 Å². The summed E-state index contributed by atoms with van der Waals surface area (Å²) in [6, 6.07) is 11.1. The molecule has 1 aromatic carbocycles. The molecule has 0 fully saturated rings. The smallest absolute Gasteiger partial charge is 0.320 e. The van der Waals surface area contributed by atoms with E-state index >= 15 is 0 Å². The van der Waals surface area contributed by atoms with Crippen LogP contribution in [0, 0.1) is 6.92 Å². The number of amides is 1. The number of carbonyl (C=O) groups is 2. The molecule has 0 saturated carbocycles. The number of aliphatic carboxylic acids is 1. The summed E-state index contributed by atoms with van der Waals surface area (Å²) in [5.41, 5.74) is 2.16. The van der Waals surface area contributed by atoms with Gasteiger partial charge in [0.25, 0.3) is 0 Å². The van der Waals surface area contributed by atoms with Gasteiger partial charge in [0.15, 0.2) is 0 Å². The molecule has 1 aromatic heterocycles. The maximum Gasteiger partial charge on any atom is 0.320 e. The standard InChI is InChI=1S/C19H24N2O4/c1-13-4-6-16(7-5-13)18-9-8-17(25-18)12-21(14(2)19(23)24)11-10-20-15(3)22/h4-9,14H,10-12H2,1-3H3,(H,20,22)(H,23,24). The number of nitrogens with zero attached hydrogens (tertiary/aromatic N) is 1. The second-order valence-corrected chi connectivity index (χ2v) is 6.10. The van der Waals surface area contributed by atoms with Crippen LogP contribution >= 0.6 is 0 Å². The molecule has 0 bridgehead atoms. The van der Waals surface area contributed by atoms with Gasteiger partial charge in [-0.3, -0.25) is 14.5 Å². The Morgan fingerprint density at radius 2 is 1.88 bits per heavy atom. The Morgan fingerprint density at radius 1 is 1.20 bits per heavy atom. The summed E-state index contributed by atoms with van der Waals surface area (Å²) < 4.78 is 5.88. The maximum atomic E-state index is 11.3. The van der Waals surface area contributed by atoms with Gasteiger partial charge in [-0.25, -0.2) is 0 Å². The molecule has 1 amide bonds. The normalized spacial score (nSPS) is 12.2. The first kappa shape index (κ1) is 18.7. The molecule has 0 saturated heterocycles. The van der Waals surface area contributed by atoms with Gasteiger partial charge in [0.2, 0.25) is 5.91 Å². The highest BCUT2D eigenvalue weighted by Gasteiger charge is 2.21. The van der Waals surface area contributed by atoms with Crippen LogP contribution in [0.15, 0.2) is 40.8 Å². The molecular weight excluding hydrogens is 320 g/mol. The minimum atomic E-state index is -0.909. The van der Waals surface area contributed by atoms with Gasteiger partial charge in [-0.1, -0.05) is 29.8 Å². The first-order chi connectivity index (χ1) is 11.9. The van der Waals surface area contributed by atoms with Crippen LogP contribution in [0.2, 0.25) is 0 Å². The highest BCUT2D eigenvalue weighted by Crippen LogP contribution is 2.23.